The second kappa shape index (κ2) is 5.05. The topological polar surface area (TPSA) is 50.4 Å². The first-order valence-corrected chi connectivity index (χ1v) is 3.37. The molecule has 0 atom stereocenters. The summed E-state index contributed by atoms with van der Waals surface area (Å²) in [5.74, 6) is 0. The maximum atomic E-state index is 10.6. The van der Waals surface area contributed by atoms with Crippen molar-refractivity contribution in [2.75, 3.05) is 6.54 Å². The number of hydrogen-bond donors (Lipinski definition) is 2. The zero-order valence-electron chi connectivity index (χ0n) is 6.60. The van der Waals surface area contributed by atoms with Gasteiger partial charge in [-0.3, -0.25) is 0 Å². The Labute approximate surface area is 60.9 Å². The number of carbonyl (C=O) groups excluding carboxylic acids is 1. The summed E-state index contributed by atoms with van der Waals surface area (Å²) in [6.07, 6.45) is -0.433. The number of hydroxylamine groups is 1. The maximum absolute atomic E-state index is 10.6. The molecule has 2 N–H and O–H groups in total. The van der Waals surface area contributed by atoms with Crippen LogP contribution in [0.5, 0.6) is 0 Å². The van der Waals surface area contributed by atoms with Gasteiger partial charge in [-0.1, -0.05) is 0 Å². The van der Waals surface area contributed by atoms with E-state index in [1.807, 2.05) is 20.8 Å². The highest BCUT2D eigenvalue weighted by molar-refractivity contribution is 5.67. The highest BCUT2D eigenvalue weighted by atomic mass is 16.7. The fraction of sp³-hybridized carbons (Fsp3) is 0.833. The highest BCUT2D eigenvalue weighted by Crippen LogP contribution is 1.78. The van der Waals surface area contributed by atoms with Gasteiger partial charge in [-0.15, -0.1) is 0 Å². The van der Waals surface area contributed by atoms with E-state index in [1.165, 1.54) is 0 Å². The summed E-state index contributed by atoms with van der Waals surface area (Å²) >= 11 is 0. The van der Waals surface area contributed by atoms with Crippen LogP contribution in [0.15, 0.2) is 0 Å². The first kappa shape index (κ1) is 9.23. The van der Waals surface area contributed by atoms with Crippen molar-refractivity contribution in [3.05, 3.63) is 0 Å². The van der Waals surface area contributed by atoms with Crippen molar-refractivity contribution in [2.24, 2.45) is 0 Å². The zero-order valence-corrected chi connectivity index (χ0v) is 6.60. The molecule has 0 aromatic carbocycles. The van der Waals surface area contributed by atoms with Gasteiger partial charge in [-0.2, -0.15) is 5.48 Å². The molecule has 4 heteroatoms. The normalized spacial score (nSPS) is 9.60. The minimum atomic E-state index is -0.433. The van der Waals surface area contributed by atoms with Crippen LogP contribution < -0.4 is 10.8 Å². The van der Waals surface area contributed by atoms with Crippen LogP contribution in [0.4, 0.5) is 4.79 Å². The van der Waals surface area contributed by atoms with E-state index in [1.54, 1.807) is 0 Å². The predicted octanol–water partition coefficient (Wildman–Crippen LogP) is 0.645. The van der Waals surface area contributed by atoms with Crippen molar-refractivity contribution in [2.45, 2.75) is 26.8 Å². The maximum Gasteiger partial charge on any atom is 0.426 e. The molecule has 0 saturated carbocycles. The fourth-order valence-electron chi connectivity index (χ4n) is 0.403. The smallest absolute Gasteiger partial charge is 0.354 e. The molecule has 0 radical (unpaired) electrons. The molecular formula is C6H14N2O2. The number of amides is 1. The summed E-state index contributed by atoms with van der Waals surface area (Å²) < 4.78 is 0. The van der Waals surface area contributed by atoms with E-state index in [0.717, 1.165) is 0 Å². The number of carbonyl (C=O) groups is 1. The average Bonchev–Trinajstić information content (AvgIpc) is 1.82. The number of nitrogens with one attached hydrogen (secondary N) is 2. The Morgan fingerprint density at radius 1 is 1.60 bits per heavy atom. The molecule has 1 amide bonds. The van der Waals surface area contributed by atoms with Crippen LogP contribution in [0, 0.1) is 0 Å². The largest absolute Gasteiger partial charge is 0.426 e. The van der Waals surface area contributed by atoms with Gasteiger partial charge in [0.2, 0.25) is 0 Å². The standard InChI is InChI=1S/C6H14N2O2/c1-4-7-10-6(9)8-5(2)3/h5,7H,4H2,1-3H3,(H,8,9). The van der Waals surface area contributed by atoms with Crippen LogP contribution in [0.3, 0.4) is 0 Å². The lowest BCUT2D eigenvalue weighted by atomic mass is 10.4. The first-order chi connectivity index (χ1) is 4.66. The van der Waals surface area contributed by atoms with E-state index < -0.39 is 6.09 Å². The Morgan fingerprint density at radius 2 is 2.20 bits per heavy atom. The van der Waals surface area contributed by atoms with E-state index in [4.69, 9.17) is 0 Å². The second-order valence-corrected chi connectivity index (χ2v) is 2.19. The molecule has 0 aromatic rings. The van der Waals surface area contributed by atoms with Gasteiger partial charge in [0.05, 0.1) is 0 Å². The van der Waals surface area contributed by atoms with Gasteiger partial charge in [0.1, 0.15) is 0 Å². The van der Waals surface area contributed by atoms with Crippen molar-refractivity contribution in [1.29, 1.82) is 0 Å². The Kier molecular flexibility index (Phi) is 4.66. The van der Waals surface area contributed by atoms with Crippen LogP contribution in [-0.4, -0.2) is 18.7 Å². The molecule has 0 aliphatic carbocycles. The Hall–Kier alpha value is -0.770. The van der Waals surface area contributed by atoms with Crippen molar-refractivity contribution in [1.82, 2.24) is 10.8 Å². The van der Waals surface area contributed by atoms with Gasteiger partial charge in [0, 0.05) is 12.6 Å². The van der Waals surface area contributed by atoms with Gasteiger partial charge in [-0.25, -0.2) is 4.79 Å². The van der Waals surface area contributed by atoms with Crippen LogP contribution in [0.1, 0.15) is 20.8 Å². The molecule has 0 aromatic heterocycles. The number of rotatable bonds is 3. The molecule has 0 rings (SSSR count). The van der Waals surface area contributed by atoms with Gasteiger partial charge in [0.25, 0.3) is 0 Å². The Morgan fingerprint density at radius 3 is 2.60 bits per heavy atom. The summed E-state index contributed by atoms with van der Waals surface area (Å²) in [5.41, 5.74) is 2.44. The molecule has 0 bridgehead atoms. The summed E-state index contributed by atoms with van der Waals surface area (Å²) in [5, 5.41) is 2.55. The Bertz CT molecular complexity index is 104. The van der Waals surface area contributed by atoms with Crippen LogP contribution in [0.25, 0.3) is 0 Å². The SMILES string of the molecule is CCNOC(=O)NC(C)C. The molecule has 0 aliphatic heterocycles. The highest BCUT2D eigenvalue weighted by Gasteiger charge is 2.01. The molecule has 0 saturated heterocycles. The molecule has 60 valence electrons. The van der Waals surface area contributed by atoms with E-state index in [-0.39, 0.29) is 6.04 Å². The molecule has 10 heavy (non-hydrogen) atoms. The quantitative estimate of drug-likeness (QED) is 0.575. The lowest BCUT2D eigenvalue weighted by Crippen LogP contribution is -2.34. The van der Waals surface area contributed by atoms with Gasteiger partial charge in [-0.05, 0) is 20.8 Å². The lowest BCUT2D eigenvalue weighted by Gasteiger charge is -2.07. The molecular weight excluding hydrogens is 132 g/mol. The third-order valence-electron chi connectivity index (χ3n) is 0.716. The molecule has 0 aliphatic rings. The number of hydrogen-bond acceptors (Lipinski definition) is 3. The monoisotopic (exact) mass is 146 g/mol. The van der Waals surface area contributed by atoms with Crippen molar-refractivity contribution >= 4 is 6.09 Å². The molecule has 0 fully saturated rings. The van der Waals surface area contributed by atoms with E-state index in [0.29, 0.717) is 6.54 Å². The summed E-state index contributed by atoms with van der Waals surface area (Å²) in [7, 11) is 0. The zero-order chi connectivity index (χ0) is 7.98. The molecule has 0 spiro atoms. The van der Waals surface area contributed by atoms with Crippen LogP contribution >= 0.6 is 0 Å². The predicted molar refractivity (Wildman–Crippen MR) is 38.4 cm³/mol. The van der Waals surface area contributed by atoms with E-state index in [2.05, 4.69) is 15.6 Å². The second-order valence-electron chi connectivity index (χ2n) is 2.19. The fourth-order valence-corrected chi connectivity index (χ4v) is 0.403. The van der Waals surface area contributed by atoms with Crippen molar-refractivity contribution < 1.29 is 9.63 Å². The van der Waals surface area contributed by atoms with Crippen molar-refractivity contribution in [3.8, 4) is 0 Å². The lowest BCUT2D eigenvalue weighted by molar-refractivity contribution is 0.0905. The third kappa shape index (κ3) is 5.37. The van der Waals surface area contributed by atoms with Gasteiger partial charge < -0.3 is 10.2 Å². The van der Waals surface area contributed by atoms with E-state index >= 15 is 0 Å². The van der Waals surface area contributed by atoms with Crippen molar-refractivity contribution in [3.63, 3.8) is 0 Å². The molecule has 0 heterocycles. The average molecular weight is 146 g/mol. The van der Waals surface area contributed by atoms with Gasteiger partial charge >= 0.3 is 6.09 Å². The van der Waals surface area contributed by atoms with Gasteiger partial charge in [0.15, 0.2) is 0 Å². The molecule has 0 unspecified atom stereocenters. The third-order valence-corrected chi connectivity index (χ3v) is 0.716. The summed E-state index contributed by atoms with van der Waals surface area (Å²) in [6.45, 7) is 6.20. The minimum Gasteiger partial charge on any atom is -0.354 e. The minimum absolute atomic E-state index is 0.117. The molecule has 4 nitrogen and oxygen atoms in total. The Balaban J connectivity index is 3.26. The van der Waals surface area contributed by atoms with Crippen LogP contribution in [0.2, 0.25) is 0 Å². The van der Waals surface area contributed by atoms with Crippen LogP contribution in [-0.2, 0) is 4.84 Å². The summed E-state index contributed by atoms with van der Waals surface area (Å²) in [6, 6.07) is 0.117. The van der Waals surface area contributed by atoms with E-state index in [9.17, 15) is 4.79 Å². The first-order valence-electron chi connectivity index (χ1n) is 3.37. The summed E-state index contributed by atoms with van der Waals surface area (Å²) in [4.78, 5) is 15.1.